The van der Waals surface area contributed by atoms with Crippen molar-refractivity contribution in [3.8, 4) is 5.75 Å². The number of anilines is 1. The molecule has 0 aliphatic carbocycles. The molecule has 1 aromatic heterocycles. The second-order valence-corrected chi connectivity index (χ2v) is 11.7. The lowest BCUT2D eigenvalue weighted by Gasteiger charge is -2.42. The predicted octanol–water partition coefficient (Wildman–Crippen LogP) is 3.93. The molecule has 2 aromatic carbocycles. The highest BCUT2D eigenvalue weighted by molar-refractivity contribution is 8.25. The quantitative estimate of drug-likeness (QED) is 0.458. The van der Waals surface area contributed by atoms with E-state index < -0.39 is 22.0 Å². The number of hydrogen-bond acceptors (Lipinski definition) is 7. The number of fused-ring (bicyclic) bond motifs is 3. The number of rotatable bonds is 4. The zero-order valence-corrected chi connectivity index (χ0v) is 22.7. The van der Waals surface area contributed by atoms with E-state index in [2.05, 4.69) is 4.98 Å². The van der Waals surface area contributed by atoms with Crippen LogP contribution in [0.3, 0.4) is 0 Å². The van der Waals surface area contributed by atoms with Crippen LogP contribution in [0.1, 0.15) is 22.6 Å². The lowest BCUT2D eigenvalue weighted by molar-refractivity contribution is -0.139. The van der Waals surface area contributed by atoms with Crippen LogP contribution in [0, 0.1) is 5.82 Å². The zero-order valence-electron chi connectivity index (χ0n) is 21.1. The Morgan fingerprint density at radius 1 is 1.08 bits per heavy atom. The van der Waals surface area contributed by atoms with Gasteiger partial charge >= 0.3 is 0 Å². The van der Waals surface area contributed by atoms with E-state index in [1.807, 2.05) is 48.3 Å². The molecule has 7 nitrogen and oxygen atoms in total. The fourth-order valence-corrected chi connectivity index (χ4v) is 8.44. The number of methoxy groups -OCH3 is 1. The highest BCUT2D eigenvalue weighted by atomic mass is 32.2. The molecule has 2 saturated heterocycles. The number of likely N-dealkylation sites (N-methyl/N-ethyl adjacent to an activating group) is 2. The van der Waals surface area contributed by atoms with Crippen LogP contribution in [-0.2, 0) is 21.7 Å². The molecule has 0 saturated carbocycles. The molecule has 6 rings (SSSR count). The molecular weight excluding hydrogens is 523 g/mol. The minimum absolute atomic E-state index is 0.249. The minimum Gasteiger partial charge on any atom is -0.497 e. The van der Waals surface area contributed by atoms with Gasteiger partial charge in [-0.3, -0.25) is 24.4 Å². The average molecular weight is 549 g/mol. The van der Waals surface area contributed by atoms with Crippen LogP contribution in [0.4, 0.5) is 10.1 Å². The maximum atomic E-state index is 14.8. The molecule has 3 atom stereocenters. The van der Waals surface area contributed by atoms with Crippen molar-refractivity contribution in [3.63, 3.8) is 0 Å². The summed E-state index contributed by atoms with van der Waals surface area (Å²) in [6.07, 6.45) is 3.36. The Balaban J connectivity index is 1.56. The van der Waals surface area contributed by atoms with Gasteiger partial charge in [-0.25, -0.2) is 4.39 Å². The minimum atomic E-state index is -1.45. The molecule has 0 radical (unpaired) electrons. The SMILES string of the molecule is COc1ccc(CN2C(=O)[C@]3(SC2=S)[C@@H](c2ccncc2)CN(C)[C@@]32C(=O)N(C)c3ccc(F)cc32)cc1. The smallest absolute Gasteiger partial charge is 0.254 e. The molecule has 3 aliphatic rings. The summed E-state index contributed by atoms with van der Waals surface area (Å²) >= 11 is 7.09. The molecular formula is C28H25FN4O3S2. The maximum Gasteiger partial charge on any atom is 0.254 e. The highest BCUT2D eigenvalue weighted by Crippen LogP contribution is 2.66. The van der Waals surface area contributed by atoms with E-state index in [1.165, 1.54) is 28.8 Å². The molecule has 0 unspecified atom stereocenters. The fraction of sp³-hybridized carbons (Fsp3) is 0.286. The number of halogens is 1. The van der Waals surface area contributed by atoms with Crippen molar-refractivity contribution in [1.82, 2.24) is 14.8 Å². The Morgan fingerprint density at radius 3 is 2.47 bits per heavy atom. The third kappa shape index (κ3) is 3.17. The third-order valence-electron chi connectivity index (χ3n) is 8.02. The van der Waals surface area contributed by atoms with Crippen molar-refractivity contribution in [2.45, 2.75) is 22.7 Å². The van der Waals surface area contributed by atoms with Crippen molar-refractivity contribution in [2.24, 2.45) is 0 Å². The van der Waals surface area contributed by atoms with Crippen LogP contribution in [0.5, 0.6) is 5.75 Å². The van der Waals surface area contributed by atoms with Crippen LogP contribution in [0.2, 0.25) is 0 Å². The van der Waals surface area contributed by atoms with Crippen LogP contribution >= 0.6 is 24.0 Å². The van der Waals surface area contributed by atoms with E-state index >= 15 is 0 Å². The summed E-state index contributed by atoms with van der Waals surface area (Å²) < 4.78 is 19.1. The number of likely N-dealkylation sites (tertiary alicyclic amines) is 1. The number of carbonyl (C=O) groups excluding carboxylic acids is 2. The number of thioether (sulfide) groups is 1. The van der Waals surface area contributed by atoms with Crippen LogP contribution in [0.15, 0.2) is 67.0 Å². The van der Waals surface area contributed by atoms with Crippen molar-refractivity contribution in [1.29, 1.82) is 0 Å². The maximum absolute atomic E-state index is 14.8. The van der Waals surface area contributed by atoms with E-state index in [4.69, 9.17) is 17.0 Å². The van der Waals surface area contributed by atoms with Gasteiger partial charge in [0.15, 0.2) is 5.54 Å². The molecule has 10 heteroatoms. The Kier molecular flexibility index (Phi) is 5.82. The Bertz CT molecular complexity index is 1470. The summed E-state index contributed by atoms with van der Waals surface area (Å²) in [6, 6.07) is 15.5. The lowest BCUT2D eigenvalue weighted by atomic mass is 9.72. The Hall–Kier alpha value is -3.34. The number of amides is 2. The van der Waals surface area contributed by atoms with Gasteiger partial charge in [-0.15, -0.1) is 0 Å². The molecule has 4 heterocycles. The van der Waals surface area contributed by atoms with Gasteiger partial charge in [0.2, 0.25) is 5.91 Å². The summed E-state index contributed by atoms with van der Waals surface area (Å²) in [5.74, 6) is -0.684. The molecule has 3 aromatic rings. The average Bonchev–Trinajstić information content (AvgIpc) is 3.43. The van der Waals surface area contributed by atoms with Gasteiger partial charge in [0.1, 0.15) is 20.6 Å². The molecule has 0 N–H and O–H groups in total. The first-order chi connectivity index (χ1) is 18.3. The summed E-state index contributed by atoms with van der Waals surface area (Å²) in [4.78, 5) is 38.3. The van der Waals surface area contributed by atoms with Crippen molar-refractivity contribution in [3.05, 3.63) is 89.5 Å². The van der Waals surface area contributed by atoms with E-state index in [9.17, 15) is 14.0 Å². The molecule has 2 spiro atoms. The van der Waals surface area contributed by atoms with Gasteiger partial charge in [0.25, 0.3) is 5.91 Å². The number of nitrogens with zero attached hydrogens (tertiary/aromatic N) is 4. The van der Waals surface area contributed by atoms with E-state index in [1.54, 1.807) is 37.5 Å². The second-order valence-electron chi connectivity index (χ2n) is 9.79. The van der Waals surface area contributed by atoms with E-state index in [0.29, 0.717) is 27.9 Å². The number of benzene rings is 2. The zero-order chi connectivity index (χ0) is 26.8. The Morgan fingerprint density at radius 2 is 1.79 bits per heavy atom. The fourth-order valence-electron chi connectivity index (χ4n) is 6.32. The standard InChI is InChI=1S/C28H25FN4O3S2/c1-31-16-22(18-10-12-30-13-11-18)28(27(31)21-14-19(29)6-9-23(21)32(2)24(27)34)25(35)33(26(37)38-28)15-17-4-7-20(36-3)8-5-17/h4-14,22H,15-16H2,1-3H3/t22-,27+,28-/m1/s1. The van der Waals surface area contributed by atoms with Crippen molar-refractivity contribution >= 4 is 45.8 Å². The van der Waals surface area contributed by atoms with Crippen molar-refractivity contribution < 1.29 is 18.7 Å². The monoisotopic (exact) mass is 548 g/mol. The predicted molar refractivity (Wildman–Crippen MR) is 148 cm³/mol. The highest BCUT2D eigenvalue weighted by Gasteiger charge is 2.78. The first-order valence-electron chi connectivity index (χ1n) is 12.1. The summed E-state index contributed by atoms with van der Waals surface area (Å²) in [5, 5.41) is 0. The van der Waals surface area contributed by atoms with Gasteiger partial charge in [0.05, 0.1) is 13.7 Å². The third-order valence-corrected chi connectivity index (χ3v) is 9.96. The number of carbonyl (C=O) groups is 2. The lowest BCUT2D eigenvalue weighted by Crippen LogP contribution is -2.62. The largest absolute Gasteiger partial charge is 0.497 e. The van der Waals surface area contributed by atoms with Crippen molar-refractivity contribution in [2.75, 3.05) is 32.6 Å². The number of hydrogen-bond donors (Lipinski definition) is 0. The number of thiocarbonyl (C=S) groups is 1. The van der Waals surface area contributed by atoms with E-state index in [-0.39, 0.29) is 18.4 Å². The first-order valence-corrected chi connectivity index (χ1v) is 13.4. The van der Waals surface area contributed by atoms with Crippen LogP contribution in [-0.4, -0.2) is 63.4 Å². The summed E-state index contributed by atoms with van der Waals surface area (Å²) in [5.41, 5.74) is 1.37. The van der Waals surface area contributed by atoms with E-state index in [0.717, 1.165) is 11.1 Å². The normalized spacial score (nSPS) is 26.7. The summed E-state index contributed by atoms with van der Waals surface area (Å²) in [7, 11) is 5.10. The van der Waals surface area contributed by atoms with Gasteiger partial charge in [-0.2, -0.15) is 0 Å². The second kappa shape index (κ2) is 8.86. The van der Waals surface area contributed by atoms with Crippen LogP contribution < -0.4 is 9.64 Å². The Labute approximate surface area is 229 Å². The topological polar surface area (TPSA) is 66.0 Å². The van der Waals surface area contributed by atoms with Gasteiger partial charge in [-0.1, -0.05) is 36.1 Å². The molecule has 194 valence electrons. The van der Waals surface area contributed by atoms with Gasteiger partial charge < -0.3 is 9.64 Å². The molecule has 38 heavy (non-hydrogen) atoms. The number of aromatic nitrogens is 1. The number of pyridine rings is 1. The molecule has 2 amide bonds. The van der Waals surface area contributed by atoms with Gasteiger partial charge in [-0.05, 0) is 60.6 Å². The summed E-state index contributed by atoms with van der Waals surface area (Å²) in [6.45, 7) is 0.649. The van der Waals surface area contributed by atoms with Gasteiger partial charge in [0, 0.05) is 43.2 Å². The number of ether oxygens (including phenoxy) is 1. The molecule has 3 aliphatic heterocycles. The first kappa shape index (κ1) is 25.0. The molecule has 0 bridgehead atoms. The van der Waals surface area contributed by atoms with Crippen LogP contribution in [0.25, 0.3) is 0 Å². The molecule has 2 fully saturated rings.